The van der Waals surface area contributed by atoms with Gasteiger partial charge in [0.15, 0.2) is 0 Å². The molecule has 0 aliphatic heterocycles. The second-order valence-electron chi connectivity index (χ2n) is 3.78. The molecule has 0 saturated carbocycles. The van der Waals surface area contributed by atoms with Crippen LogP contribution >= 0.6 is 22.9 Å². The zero-order valence-electron chi connectivity index (χ0n) is 10.4. The van der Waals surface area contributed by atoms with Crippen molar-refractivity contribution in [3.8, 4) is 5.75 Å². The van der Waals surface area contributed by atoms with Crippen LogP contribution in [-0.2, 0) is 13.0 Å². The Kier molecular flexibility index (Phi) is 4.44. The van der Waals surface area contributed by atoms with Gasteiger partial charge in [-0.2, -0.15) is 0 Å². The fourth-order valence-corrected chi connectivity index (χ4v) is 2.55. The highest BCUT2D eigenvalue weighted by Gasteiger charge is 2.03. The number of hydrogen-bond acceptors (Lipinski definition) is 4. The summed E-state index contributed by atoms with van der Waals surface area (Å²) in [6, 6.07) is 5.66. The smallest absolute Gasteiger partial charge is 0.139 e. The van der Waals surface area contributed by atoms with Gasteiger partial charge in [-0.15, -0.1) is 11.3 Å². The van der Waals surface area contributed by atoms with E-state index in [1.165, 1.54) is 9.88 Å². The maximum Gasteiger partial charge on any atom is 0.139 e. The van der Waals surface area contributed by atoms with E-state index in [1.807, 2.05) is 24.4 Å². The number of anilines is 1. The first kappa shape index (κ1) is 13.2. The Labute approximate surface area is 116 Å². The minimum Gasteiger partial charge on any atom is -0.495 e. The van der Waals surface area contributed by atoms with Crippen molar-refractivity contribution < 1.29 is 4.74 Å². The monoisotopic (exact) mass is 282 g/mol. The van der Waals surface area contributed by atoms with Crippen molar-refractivity contribution in [2.75, 3.05) is 12.4 Å². The number of halogens is 1. The molecule has 0 radical (unpaired) electrons. The van der Waals surface area contributed by atoms with Gasteiger partial charge < -0.3 is 10.1 Å². The van der Waals surface area contributed by atoms with Gasteiger partial charge in [-0.1, -0.05) is 18.5 Å². The van der Waals surface area contributed by atoms with Crippen molar-refractivity contribution in [1.29, 1.82) is 0 Å². The molecule has 2 rings (SSSR count). The zero-order chi connectivity index (χ0) is 13.0. The Balaban J connectivity index is 2.01. The number of aryl methyl sites for hydroxylation is 1. The van der Waals surface area contributed by atoms with E-state index in [0.717, 1.165) is 18.7 Å². The highest BCUT2D eigenvalue weighted by atomic mass is 35.5. The highest BCUT2D eigenvalue weighted by Crippen LogP contribution is 2.27. The summed E-state index contributed by atoms with van der Waals surface area (Å²) in [6.07, 6.45) is 2.91. The normalized spacial score (nSPS) is 10.4. The quantitative estimate of drug-likeness (QED) is 0.901. The van der Waals surface area contributed by atoms with Crippen LogP contribution in [0.5, 0.6) is 5.75 Å². The number of nitrogens with one attached hydrogen (secondary N) is 1. The molecule has 0 aliphatic rings. The minimum absolute atomic E-state index is 0.620. The number of nitrogens with zero attached hydrogens (tertiary/aromatic N) is 1. The third kappa shape index (κ3) is 3.15. The summed E-state index contributed by atoms with van der Waals surface area (Å²) >= 11 is 7.71. The lowest BCUT2D eigenvalue weighted by Gasteiger charge is -2.08. The Hall–Kier alpha value is -1.26. The summed E-state index contributed by atoms with van der Waals surface area (Å²) in [5, 5.41) is 5.12. The maximum atomic E-state index is 5.97. The van der Waals surface area contributed by atoms with Gasteiger partial charge >= 0.3 is 0 Å². The van der Waals surface area contributed by atoms with E-state index in [9.17, 15) is 0 Å². The predicted molar refractivity (Wildman–Crippen MR) is 76.8 cm³/mol. The molecule has 18 heavy (non-hydrogen) atoms. The average Bonchev–Trinajstić information content (AvgIpc) is 2.86. The number of rotatable bonds is 5. The summed E-state index contributed by atoms with van der Waals surface area (Å²) in [5.41, 5.74) is 0.989. The van der Waals surface area contributed by atoms with E-state index in [-0.39, 0.29) is 0 Å². The van der Waals surface area contributed by atoms with Crippen LogP contribution in [0.4, 0.5) is 5.69 Å². The standard InChI is InChI=1S/C13H15ClN2OS/c1-3-13-16-8-10(18-13)7-15-9-4-5-11(14)12(6-9)17-2/h4-6,8,15H,3,7H2,1-2H3. The fourth-order valence-electron chi connectivity index (χ4n) is 1.55. The molecule has 0 saturated heterocycles. The lowest BCUT2D eigenvalue weighted by Crippen LogP contribution is -1.97. The molecule has 0 fully saturated rings. The van der Waals surface area contributed by atoms with Crippen LogP contribution in [-0.4, -0.2) is 12.1 Å². The molecule has 0 atom stereocenters. The first-order valence-electron chi connectivity index (χ1n) is 5.74. The van der Waals surface area contributed by atoms with Gasteiger partial charge in [-0.25, -0.2) is 4.98 Å². The maximum absolute atomic E-state index is 5.97. The van der Waals surface area contributed by atoms with Crippen molar-refractivity contribution >= 4 is 28.6 Å². The lowest BCUT2D eigenvalue weighted by atomic mass is 10.3. The van der Waals surface area contributed by atoms with Gasteiger partial charge in [-0.05, 0) is 18.6 Å². The zero-order valence-corrected chi connectivity index (χ0v) is 11.9. The molecule has 1 heterocycles. The van der Waals surface area contributed by atoms with Gasteiger partial charge in [0, 0.05) is 22.8 Å². The second kappa shape index (κ2) is 6.07. The van der Waals surface area contributed by atoms with Gasteiger partial charge in [0.2, 0.25) is 0 Å². The van der Waals surface area contributed by atoms with Crippen LogP contribution in [0.25, 0.3) is 0 Å². The highest BCUT2D eigenvalue weighted by molar-refractivity contribution is 7.11. The summed E-state index contributed by atoms with van der Waals surface area (Å²) in [5.74, 6) is 0.681. The van der Waals surface area contributed by atoms with Crippen LogP contribution in [0.2, 0.25) is 5.02 Å². The van der Waals surface area contributed by atoms with Crippen molar-refractivity contribution in [2.24, 2.45) is 0 Å². The van der Waals surface area contributed by atoms with E-state index in [2.05, 4.69) is 17.2 Å². The van der Waals surface area contributed by atoms with Crippen LogP contribution in [0.3, 0.4) is 0 Å². The predicted octanol–water partition coefficient (Wildman–Crippen LogP) is 3.98. The third-order valence-corrected chi connectivity index (χ3v) is 3.98. The van der Waals surface area contributed by atoms with Crippen molar-refractivity contribution in [1.82, 2.24) is 4.98 Å². The fraction of sp³-hybridized carbons (Fsp3) is 0.308. The first-order valence-corrected chi connectivity index (χ1v) is 6.93. The summed E-state index contributed by atoms with van der Waals surface area (Å²) < 4.78 is 5.18. The number of thiazole rings is 1. The van der Waals surface area contributed by atoms with Gasteiger partial charge in [-0.3, -0.25) is 0 Å². The molecule has 1 N–H and O–H groups in total. The Morgan fingerprint density at radius 1 is 1.44 bits per heavy atom. The molecule has 0 amide bonds. The largest absolute Gasteiger partial charge is 0.495 e. The topological polar surface area (TPSA) is 34.2 Å². The number of benzene rings is 1. The van der Waals surface area contributed by atoms with E-state index in [1.54, 1.807) is 18.4 Å². The second-order valence-corrected chi connectivity index (χ2v) is 5.38. The third-order valence-electron chi connectivity index (χ3n) is 2.52. The van der Waals surface area contributed by atoms with E-state index < -0.39 is 0 Å². The van der Waals surface area contributed by atoms with Gasteiger partial charge in [0.25, 0.3) is 0 Å². The molecule has 1 aromatic carbocycles. The Morgan fingerprint density at radius 2 is 2.28 bits per heavy atom. The molecule has 2 aromatic rings. The van der Waals surface area contributed by atoms with E-state index >= 15 is 0 Å². The first-order chi connectivity index (χ1) is 8.72. The van der Waals surface area contributed by atoms with Crippen LogP contribution in [0, 0.1) is 0 Å². The molecule has 3 nitrogen and oxygen atoms in total. The molecular formula is C13H15ClN2OS. The molecule has 0 aliphatic carbocycles. The van der Waals surface area contributed by atoms with Crippen molar-refractivity contribution in [3.05, 3.63) is 39.3 Å². The Bertz CT molecular complexity index is 527. The van der Waals surface area contributed by atoms with Crippen molar-refractivity contribution in [3.63, 3.8) is 0 Å². The molecule has 0 bridgehead atoms. The van der Waals surface area contributed by atoms with Crippen LogP contribution in [0.1, 0.15) is 16.8 Å². The summed E-state index contributed by atoms with van der Waals surface area (Å²) in [7, 11) is 1.61. The lowest BCUT2D eigenvalue weighted by molar-refractivity contribution is 0.415. The molecular weight excluding hydrogens is 268 g/mol. The number of methoxy groups -OCH3 is 1. The molecule has 96 valence electrons. The van der Waals surface area contributed by atoms with E-state index in [4.69, 9.17) is 16.3 Å². The number of aromatic nitrogens is 1. The molecule has 1 aromatic heterocycles. The van der Waals surface area contributed by atoms with Crippen LogP contribution < -0.4 is 10.1 Å². The van der Waals surface area contributed by atoms with Gasteiger partial charge in [0.1, 0.15) is 5.75 Å². The van der Waals surface area contributed by atoms with E-state index in [0.29, 0.717) is 10.8 Å². The molecule has 5 heteroatoms. The summed E-state index contributed by atoms with van der Waals surface area (Å²) in [6.45, 7) is 2.88. The van der Waals surface area contributed by atoms with Crippen molar-refractivity contribution in [2.45, 2.75) is 19.9 Å². The number of ether oxygens (including phenoxy) is 1. The Morgan fingerprint density at radius 3 is 2.94 bits per heavy atom. The minimum atomic E-state index is 0.620. The van der Waals surface area contributed by atoms with Crippen LogP contribution in [0.15, 0.2) is 24.4 Å². The number of hydrogen-bond donors (Lipinski definition) is 1. The van der Waals surface area contributed by atoms with Gasteiger partial charge in [0.05, 0.1) is 23.7 Å². The SMILES string of the molecule is CCc1ncc(CNc2ccc(Cl)c(OC)c2)s1. The molecule has 0 spiro atoms. The summed E-state index contributed by atoms with van der Waals surface area (Å²) in [4.78, 5) is 5.55. The molecule has 0 unspecified atom stereocenters. The average molecular weight is 283 g/mol.